The molecule has 1 aliphatic heterocycles. The Labute approximate surface area is 144 Å². The Hall–Kier alpha value is -2.04. The fourth-order valence-corrected chi connectivity index (χ4v) is 3.38. The lowest BCUT2D eigenvalue weighted by Crippen LogP contribution is -2.50. The monoisotopic (exact) mass is 326 g/mol. The molecule has 4 nitrogen and oxygen atoms in total. The maximum absolute atomic E-state index is 10.6. The first-order valence-corrected chi connectivity index (χ1v) is 8.55. The van der Waals surface area contributed by atoms with Gasteiger partial charge in [0.15, 0.2) is 0 Å². The van der Waals surface area contributed by atoms with Crippen LogP contribution in [0.3, 0.4) is 0 Å². The third kappa shape index (κ3) is 3.71. The average molecular weight is 326 g/mol. The molecule has 128 valence electrons. The number of anilines is 1. The molecule has 0 aliphatic carbocycles. The molecule has 3 rings (SSSR count). The highest BCUT2D eigenvalue weighted by atomic mass is 16.5. The van der Waals surface area contributed by atoms with Crippen LogP contribution in [0.1, 0.15) is 24.9 Å². The van der Waals surface area contributed by atoms with Crippen molar-refractivity contribution in [2.75, 3.05) is 25.5 Å². The number of benzene rings is 2. The van der Waals surface area contributed by atoms with Gasteiger partial charge in [0.25, 0.3) is 0 Å². The minimum absolute atomic E-state index is 0.0422. The van der Waals surface area contributed by atoms with Crippen LogP contribution in [-0.4, -0.2) is 42.4 Å². The number of β-amino-alcohol motifs (C(OH)–C–C–N with tert-alkyl or cyclic N) is 1. The zero-order valence-corrected chi connectivity index (χ0v) is 14.4. The van der Waals surface area contributed by atoms with Crippen molar-refractivity contribution in [3.05, 3.63) is 60.2 Å². The van der Waals surface area contributed by atoms with Gasteiger partial charge in [-0.25, -0.2) is 0 Å². The van der Waals surface area contributed by atoms with Gasteiger partial charge in [0.2, 0.25) is 0 Å². The van der Waals surface area contributed by atoms with Gasteiger partial charge in [-0.1, -0.05) is 42.5 Å². The van der Waals surface area contributed by atoms with Crippen LogP contribution >= 0.6 is 0 Å². The summed E-state index contributed by atoms with van der Waals surface area (Å²) < 4.78 is 5.38. The molecule has 24 heavy (non-hydrogen) atoms. The zero-order chi connectivity index (χ0) is 16.9. The quantitative estimate of drug-likeness (QED) is 0.885. The van der Waals surface area contributed by atoms with Gasteiger partial charge in [0.05, 0.1) is 24.9 Å². The van der Waals surface area contributed by atoms with Crippen molar-refractivity contribution in [2.45, 2.75) is 31.5 Å². The molecule has 2 aromatic carbocycles. The summed E-state index contributed by atoms with van der Waals surface area (Å²) >= 11 is 0. The summed E-state index contributed by atoms with van der Waals surface area (Å²) in [6.07, 6.45) is 0.492. The number of nitrogens with zero attached hydrogens (tertiary/aromatic N) is 1. The number of para-hydroxylation sites is 2. The van der Waals surface area contributed by atoms with E-state index in [1.165, 1.54) is 5.56 Å². The standard InChI is InChI=1S/C20H26N2O2/c1-15(16-8-4-3-5-9-16)22-13-12-17(19(23)14-22)21-18-10-6-7-11-20(18)24-2/h3-11,15,17,19,21,23H,12-14H2,1-2H3. The van der Waals surface area contributed by atoms with Crippen LogP contribution in [0, 0.1) is 0 Å². The second-order valence-corrected chi connectivity index (χ2v) is 6.39. The number of nitrogens with one attached hydrogen (secondary N) is 1. The SMILES string of the molecule is COc1ccccc1NC1CCN(C(C)c2ccccc2)CC1O. The van der Waals surface area contributed by atoms with Gasteiger partial charge in [-0.2, -0.15) is 0 Å². The molecule has 1 aliphatic rings. The summed E-state index contributed by atoms with van der Waals surface area (Å²) in [4.78, 5) is 2.35. The van der Waals surface area contributed by atoms with Crippen molar-refractivity contribution >= 4 is 5.69 Å². The van der Waals surface area contributed by atoms with Crippen molar-refractivity contribution in [2.24, 2.45) is 0 Å². The van der Waals surface area contributed by atoms with E-state index < -0.39 is 6.10 Å². The minimum Gasteiger partial charge on any atom is -0.495 e. The van der Waals surface area contributed by atoms with Crippen LogP contribution in [0.2, 0.25) is 0 Å². The molecule has 4 heteroatoms. The van der Waals surface area contributed by atoms with Gasteiger partial charge in [-0.05, 0) is 31.0 Å². The Balaban J connectivity index is 1.63. The van der Waals surface area contributed by atoms with Crippen LogP contribution in [0.25, 0.3) is 0 Å². The normalized spacial score (nSPS) is 22.8. The van der Waals surface area contributed by atoms with E-state index in [2.05, 4.69) is 41.4 Å². The number of ether oxygens (including phenoxy) is 1. The topological polar surface area (TPSA) is 44.7 Å². The van der Waals surface area contributed by atoms with E-state index in [0.717, 1.165) is 24.4 Å². The predicted molar refractivity (Wildman–Crippen MR) is 97.5 cm³/mol. The lowest BCUT2D eigenvalue weighted by atomic mass is 9.97. The molecule has 1 fully saturated rings. The molecule has 0 radical (unpaired) electrons. The fraction of sp³-hybridized carbons (Fsp3) is 0.400. The highest BCUT2D eigenvalue weighted by Gasteiger charge is 2.30. The molecule has 0 amide bonds. The summed E-state index contributed by atoms with van der Waals surface area (Å²) in [5.74, 6) is 0.810. The van der Waals surface area contributed by atoms with Crippen LogP contribution in [0.5, 0.6) is 5.75 Å². The molecule has 0 saturated carbocycles. The van der Waals surface area contributed by atoms with Gasteiger partial charge < -0.3 is 15.2 Å². The van der Waals surface area contributed by atoms with Gasteiger partial charge in [0.1, 0.15) is 5.75 Å². The van der Waals surface area contributed by atoms with E-state index in [1.807, 2.05) is 30.3 Å². The van der Waals surface area contributed by atoms with Crippen molar-refractivity contribution in [3.8, 4) is 5.75 Å². The molecule has 1 heterocycles. The van der Waals surface area contributed by atoms with Crippen LogP contribution in [0.4, 0.5) is 5.69 Å². The van der Waals surface area contributed by atoms with Gasteiger partial charge in [-0.3, -0.25) is 4.90 Å². The van der Waals surface area contributed by atoms with Crippen LogP contribution in [0.15, 0.2) is 54.6 Å². The Morgan fingerprint density at radius 1 is 1.12 bits per heavy atom. The molecular weight excluding hydrogens is 300 g/mol. The molecule has 2 aromatic rings. The Bertz CT molecular complexity index is 647. The number of methoxy groups -OCH3 is 1. The Morgan fingerprint density at radius 2 is 1.83 bits per heavy atom. The lowest BCUT2D eigenvalue weighted by molar-refractivity contribution is 0.0407. The maximum atomic E-state index is 10.6. The smallest absolute Gasteiger partial charge is 0.141 e. The largest absolute Gasteiger partial charge is 0.495 e. The molecule has 3 atom stereocenters. The summed E-state index contributed by atoms with van der Waals surface area (Å²) in [5, 5.41) is 14.1. The van der Waals surface area contributed by atoms with Gasteiger partial charge in [0, 0.05) is 19.1 Å². The lowest BCUT2D eigenvalue weighted by Gasteiger charge is -2.40. The number of hydrogen-bond donors (Lipinski definition) is 2. The Morgan fingerprint density at radius 3 is 2.54 bits per heavy atom. The first-order chi connectivity index (χ1) is 11.7. The van der Waals surface area contributed by atoms with Crippen molar-refractivity contribution in [3.63, 3.8) is 0 Å². The summed E-state index contributed by atoms with van der Waals surface area (Å²) in [6.45, 7) is 3.83. The maximum Gasteiger partial charge on any atom is 0.141 e. The van der Waals surface area contributed by atoms with Crippen molar-refractivity contribution < 1.29 is 9.84 Å². The fourth-order valence-electron chi connectivity index (χ4n) is 3.38. The third-order valence-corrected chi connectivity index (χ3v) is 4.89. The second-order valence-electron chi connectivity index (χ2n) is 6.39. The number of piperidine rings is 1. The summed E-state index contributed by atoms with van der Waals surface area (Å²) in [5.41, 5.74) is 2.23. The van der Waals surface area contributed by atoms with Gasteiger partial charge >= 0.3 is 0 Å². The molecule has 1 saturated heterocycles. The molecule has 3 unspecified atom stereocenters. The second kappa shape index (κ2) is 7.69. The molecule has 2 N–H and O–H groups in total. The molecule has 0 bridgehead atoms. The summed E-state index contributed by atoms with van der Waals surface area (Å²) in [6, 6.07) is 18.7. The Kier molecular flexibility index (Phi) is 5.38. The number of likely N-dealkylation sites (tertiary alicyclic amines) is 1. The zero-order valence-electron chi connectivity index (χ0n) is 14.4. The van der Waals surface area contributed by atoms with Crippen molar-refractivity contribution in [1.29, 1.82) is 0 Å². The first kappa shape index (κ1) is 16.8. The average Bonchev–Trinajstić information content (AvgIpc) is 2.64. The van der Waals surface area contributed by atoms with E-state index in [4.69, 9.17) is 4.74 Å². The van der Waals surface area contributed by atoms with Crippen LogP contribution in [-0.2, 0) is 0 Å². The number of hydrogen-bond acceptors (Lipinski definition) is 4. The highest BCUT2D eigenvalue weighted by Crippen LogP contribution is 2.28. The van der Waals surface area contributed by atoms with E-state index in [1.54, 1.807) is 7.11 Å². The minimum atomic E-state index is -0.408. The third-order valence-electron chi connectivity index (χ3n) is 4.89. The predicted octanol–water partition coefficient (Wildman–Crippen LogP) is 3.30. The van der Waals surface area contributed by atoms with E-state index >= 15 is 0 Å². The number of aliphatic hydroxyl groups is 1. The van der Waals surface area contributed by atoms with Crippen molar-refractivity contribution in [1.82, 2.24) is 4.90 Å². The van der Waals surface area contributed by atoms with E-state index in [9.17, 15) is 5.11 Å². The van der Waals surface area contributed by atoms with Crippen LogP contribution < -0.4 is 10.1 Å². The first-order valence-electron chi connectivity index (χ1n) is 8.55. The van der Waals surface area contributed by atoms with E-state index in [-0.39, 0.29) is 6.04 Å². The molecule has 0 spiro atoms. The molecule has 0 aromatic heterocycles. The summed E-state index contributed by atoms with van der Waals surface area (Å²) in [7, 11) is 1.67. The highest BCUT2D eigenvalue weighted by molar-refractivity contribution is 5.56. The number of rotatable bonds is 5. The van der Waals surface area contributed by atoms with E-state index in [0.29, 0.717) is 12.6 Å². The number of aliphatic hydroxyl groups excluding tert-OH is 1. The molecular formula is C20H26N2O2. The van der Waals surface area contributed by atoms with Gasteiger partial charge in [-0.15, -0.1) is 0 Å².